The van der Waals surface area contributed by atoms with Gasteiger partial charge in [-0.3, -0.25) is 14.6 Å². The van der Waals surface area contributed by atoms with Crippen LogP contribution in [-0.4, -0.2) is 47.1 Å². The molecule has 3 heterocycles. The Balaban J connectivity index is 1.96. The molecule has 0 unspecified atom stereocenters. The van der Waals surface area contributed by atoms with E-state index in [-0.39, 0.29) is 17.9 Å². The lowest BCUT2D eigenvalue weighted by Crippen LogP contribution is -2.29. The van der Waals surface area contributed by atoms with Crippen molar-refractivity contribution in [3.8, 4) is 11.3 Å². The third kappa shape index (κ3) is 6.61. The molecule has 0 bridgehead atoms. The van der Waals surface area contributed by atoms with E-state index in [2.05, 4.69) is 46.8 Å². The first-order chi connectivity index (χ1) is 16.1. The molecule has 0 aliphatic carbocycles. The van der Waals surface area contributed by atoms with Crippen molar-refractivity contribution >= 4 is 36.6 Å². The quantitative estimate of drug-likeness (QED) is 0.250. The number of ether oxygens (including phenoxy) is 1. The SMILES string of the molecule is C=CC(=O)Nc1ccnc(-c2cnc3c(c2)c(C(=O)NC(C)C)cn3COCC[Si](C)(C)C)c1. The van der Waals surface area contributed by atoms with Gasteiger partial charge in [0.05, 0.1) is 11.3 Å². The molecule has 180 valence electrons. The number of amides is 2. The summed E-state index contributed by atoms with van der Waals surface area (Å²) >= 11 is 0. The molecule has 3 aromatic heterocycles. The lowest BCUT2D eigenvalue weighted by molar-refractivity contribution is -0.111. The highest BCUT2D eigenvalue weighted by atomic mass is 28.3. The number of hydrogen-bond acceptors (Lipinski definition) is 5. The van der Waals surface area contributed by atoms with Gasteiger partial charge in [0.25, 0.3) is 5.91 Å². The number of anilines is 1. The summed E-state index contributed by atoms with van der Waals surface area (Å²) in [5.41, 5.74) is 3.16. The topological polar surface area (TPSA) is 98.1 Å². The van der Waals surface area contributed by atoms with Gasteiger partial charge in [-0.25, -0.2) is 4.98 Å². The third-order valence-electron chi connectivity index (χ3n) is 5.11. The van der Waals surface area contributed by atoms with E-state index in [1.165, 1.54) is 6.08 Å². The van der Waals surface area contributed by atoms with E-state index in [1.807, 2.05) is 24.5 Å². The van der Waals surface area contributed by atoms with Crippen LogP contribution in [0.3, 0.4) is 0 Å². The fraction of sp³-hybridized carbons (Fsp3) is 0.360. The van der Waals surface area contributed by atoms with Gasteiger partial charge in [-0.2, -0.15) is 0 Å². The van der Waals surface area contributed by atoms with Crippen molar-refractivity contribution in [1.82, 2.24) is 19.9 Å². The van der Waals surface area contributed by atoms with Crippen LogP contribution in [0.5, 0.6) is 0 Å². The molecule has 0 aliphatic heterocycles. The van der Waals surface area contributed by atoms with Crippen molar-refractivity contribution in [2.75, 3.05) is 11.9 Å². The van der Waals surface area contributed by atoms with Crippen LogP contribution < -0.4 is 10.6 Å². The molecule has 2 amide bonds. The van der Waals surface area contributed by atoms with Crippen molar-refractivity contribution in [2.45, 2.75) is 52.3 Å². The van der Waals surface area contributed by atoms with Crippen LogP contribution in [0.4, 0.5) is 5.69 Å². The summed E-state index contributed by atoms with van der Waals surface area (Å²) in [5, 5.41) is 6.41. The van der Waals surface area contributed by atoms with Crippen molar-refractivity contribution < 1.29 is 14.3 Å². The van der Waals surface area contributed by atoms with Gasteiger partial charge in [0.15, 0.2) is 0 Å². The summed E-state index contributed by atoms with van der Waals surface area (Å²) in [5.74, 6) is -0.468. The van der Waals surface area contributed by atoms with E-state index < -0.39 is 8.07 Å². The van der Waals surface area contributed by atoms with Crippen LogP contribution in [0.2, 0.25) is 25.7 Å². The summed E-state index contributed by atoms with van der Waals surface area (Å²) in [7, 11) is -1.20. The fourth-order valence-electron chi connectivity index (χ4n) is 3.33. The summed E-state index contributed by atoms with van der Waals surface area (Å²) < 4.78 is 7.79. The van der Waals surface area contributed by atoms with Gasteiger partial charge in [0, 0.05) is 56.0 Å². The highest BCUT2D eigenvalue weighted by Gasteiger charge is 2.19. The zero-order valence-corrected chi connectivity index (χ0v) is 21.5. The lowest BCUT2D eigenvalue weighted by Gasteiger charge is -2.15. The van der Waals surface area contributed by atoms with Gasteiger partial charge in [0.2, 0.25) is 5.91 Å². The summed E-state index contributed by atoms with van der Waals surface area (Å²) in [4.78, 5) is 33.7. The number of hydrogen-bond donors (Lipinski definition) is 2. The van der Waals surface area contributed by atoms with Gasteiger partial charge in [-0.15, -0.1) is 0 Å². The minimum atomic E-state index is -1.20. The molecule has 0 saturated carbocycles. The second-order valence-corrected chi connectivity index (χ2v) is 15.3. The molecule has 8 nitrogen and oxygen atoms in total. The molecule has 0 spiro atoms. The van der Waals surface area contributed by atoms with E-state index in [1.54, 1.807) is 30.7 Å². The average molecular weight is 480 g/mol. The first-order valence-corrected chi connectivity index (χ1v) is 15.1. The zero-order valence-electron chi connectivity index (χ0n) is 20.5. The molecule has 3 rings (SSSR count). The predicted octanol–water partition coefficient (Wildman–Crippen LogP) is 4.67. The molecule has 9 heteroatoms. The summed E-state index contributed by atoms with van der Waals surface area (Å²) in [6.07, 6.45) is 6.33. The van der Waals surface area contributed by atoms with Crippen molar-refractivity contribution in [3.63, 3.8) is 0 Å². The second kappa shape index (κ2) is 10.7. The number of fused-ring (bicyclic) bond motifs is 1. The maximum atomic E-state index is 12.9. The molecule has 0 aromatic carbocycles. The standard InChI is InChI=1S/C25H33N5O3Si/c1-7-23(31)29-19-8-9-26-22(13-19)18-12-20-21(25(32)28-17(2)3)15-30(24(20)27-14-18)16-33-10-11-34(4,5)6/h7-9,12-15,17H,1,10-11,16H2,2-6H3,(H,28,32)(H,26,29,31). The first kappa shape index (κ1) is 25.3. The minimum absolute atomic E-state index is 0.00172. The maximum absolute atomic E-state index is 12.9. The van der Waals surface area contributed by atoms with Crippen LogP contribution in [0, 0.1) is 0 Å². The second-order valence-electron chi connectivity index (χ2n) is 9.71. The van der Waals surface area contributed by atoms with Crippen LogP contribution in [0.15, 0.2) is 49.4 Å². The molecule has 0 aliphatic rings. The Morgan fingerprint density at radius 3 is 2.68 bits per heavy atom. The molecule has 0 radical (unpaired) electrons. The molecule has 3 aromatic rings. The van der Waals surface area contributed by atoms with Crippen LogP contribution >= 0.6 is 0 Å². The molecular weight excluding hydrogens is 446 g/mol. The number of nitrogens with zero attached hydrogens (tertiary/aromatic N) is 3. The minimum Gasteiger partial charge on any atom is -0.361 e. The molecule has 2 N–H and O–H groups in total. The van der Waals surface area contributed by atoms with Gasteiger partial charge in [-0.1, -0.05) is 26.2 Å². The Morgan fingerprint density at radius 1 is 1.24 bits per heavy atom. The molecule has 34 heavy (non-hydrogen) atoms. The Kier molecular flexibility index (Phi) is 8.01. The molecular formula is C25H33N5O3Si. The summed E-state index contributed by atoms with van der Waals surface area (Å²) in [6.45, 7) is 15.2. The monoisotopic (exact) mass is 479 g/mol. The summed E-state index contributed by atoms with van der Waals surface area (Å²) in [6, 6.07) is 6.43. The Morgan fingerprint density at radius 2 is 2.00 bits per heavy atom. The Bertz CT molecular complexity index is 1200. The lowest BCUT2D eigenvalue weighted by atomic mass is 10.1. The van der Waals surface area contributed by atoms with E-state index >= 15 is 0 Å². The zero-order chi connectivity index (χ0) is 24.9. The van der Waals surface area contributed by atoms with E-state index in [4.69, 9.17) is 4.74 Å². The average Bonchev–Trinajstić information content (AvgIpc) is 3.14. The highest BCUT2D eigenvalue weighted by Crippen LogP contribution is 2.27. The van der Waals surface area contributed by atoms with Crippen molar-refractivity contribution in [1.29, 1.82) is 0 Å². The number of pyridine rings is 2. The molecule has 0 atom stereocenters. The number of carbonyl (C=O) groups is 2. The van der Waals surface area contributed by atoms with E-state index in [9.17, 15) is 9.59 Å². The maximum Gasteiger partial charge on any atom is 0.253 e. The largest absolute Gasteiger partial charge is 0.361 e. The Hall–Kier alpha value is -3.30. The first-order valence-electron chi connectivity index (χ1n) is 11.3. The fourth-order valence-corrected chi connectivity index (χ4v) is 4.09. The van der Waals surface area contributed by atoms with Gasteiger partial charge in [0.1, 0.15) is 12.4 Å². The van der Waals surface area contributed by atoms with E-state index in [0.717, 1.165) is 11.6 Å². The van der Waals surface area contributed by atoms with Crippen LogP contribution in [-0.2, 0) is 16.3 Å². The normalized spacial score (nSPS) is 11.6. The number of rotatable bonds is 10. The molecule has 0 saturated heterocycles. The third-order valence-corrected chi connectivity index (χ3v) is 6.82. The number of aromatic nitrogens is 3. The highest BCUT2D eigenvalue weighted by molar-refractivity contribution is 6.76. The van der Waals surface area contributed by atoms with Crippen LogP contribution in [0.25, 0.3) is 22.3 Å². The van der Waals surface area contributed by atoms with Crippen molar-refractivity contribution in [3.05, 3.63) is 55.0 Å². The number of carbonyl (C=O) groups excluding carboxylic acids is 2. The van der Waals surface area contributed by atoms with Gasteiger partial charge < -0.3 is 19.9 Å². The van der Waals surface area contributed by atoms with Gasteiger partial charge in [-0.05, 0) is 44.2 Å². The van der Waals surface area contributed by atoms with Crippen LogP contribution in [0.1, 0.15) is 24.2 Å². The smallest absolute Gasteiger partial charge is 0.253 e. The predicted molar refractivity (Wildman–Crippen MR) is 138 cm³/mol. The van der Waals surface area contributed by atoms with Crippen molar-refractivity contribution in [2.24, 2.45) is 0 Å². The molecule has 0 fully saturated rings. The van der Waals surface area contributed by atoms with Gasteiger partial charge >= 0.3 is 0 Å². The number of nitrogens with one attached hydrogen (secondary N) is 2. The van der Waals surface area contributed by atoms with E-state index in [0.29, 0.717) is 41.3 Å². The Labute approximate surface area is 201 Å².